The molecule has 136 valence electrons. The number of ether oxygens (including phenoxy) is 1. The standard InChI is InChI=1S/C22H27N3O/c1-2-6-18(7-3-1)26-22-16-25(14-19(22)20-8-4-5-11-23-20)21-15-24-12-9-17(21)10-13-24/h2,4-6,8,11,14,16-18,21H,1,3,7,9-10,12-13,15H2. The lowest BCUT2D eigenvalue weighted by Crippen LogP contribution is -2.47. The highest BCUT2D eigenvalue weighted by molar-refractivity contribution is 5.66. The quantitative estimate of drug-likeness (QED) is 0.771. The van der Waals surface area contributed by atoms with Gasteiger partial charge in [-0.3, -0.25) is 4.98 Å². The molecule has 5 heterocycles. The van der Waals surface area contributed by atoms with Crippen LogP contribution in [0.2, 0.25) is 0 Å². The largest absolute Gasteiger partial charge is 0.484 e. The van der Waals surface area contributed by atoms with E-state index in [1.807, 2.05) is 12.3 Å². The number of nitrogens with zero attached hydrogens (tertiary/aromatic N) is 3. The third kappa shape index (κ3) is 3.07. The van der Waals surface area contributed by atoms with E-state index in [0.29, 0.717) is 6.04 Å². The van der Waals surface area contributed by atoms with Crippen molar-refractivity contribution in [2.75, 3.05) is 19.6 Å². The number of aromatic nitrogens is 2. The lowest BCUT2D eigenvalue weighted by Gasteiger charge is -2.45. The summed E-state index contributed by atoms with van der Waals surface area (Å²) in [5.74, 6) is 1.78. The zero-order valence-electron chi connectivity index (χ0n) is 15.3. The molecule has 3 fully saturated rings. The first-order chi connectivity index (χ1) is 12.9. The molecular formula is C22H27N3O. The van der Waals surface area contributed by atoms with Crippen LogP contribution in [-0.2, 0) is 0 Å². The SMILES string of the molecule is C1=CC(Oc2cn(C3CN4CCC3CC4)cc2-c2ccccn2)CCC1. The molecule has 0 radical (unpaired) electrons. The average molecular weight is 349 g/mol. The molecule has 4 aliphatic rings. The van der Waals surface area contributed by atoms with E-state index < -0.39 is 0 Å². The molecule has 0 saturated carbocycles. The second-order valence-electron chi connectivity index (χ2n) is 7.92. The molecule has 4 nitrogen and oxygen atoms in total. The Balaban J connectivity index is 1.48. The zero-order chi connectivity index (χ0) is 17.3. The van der Waals surface area contributed by atoms with Crippen LogP contribution in [0.25, 0.3) is 11.3 Å². The van der Waals surface area contributed by atoms with Crippen LogP contribution in [0, 0.1) is 5.92 Å². The lowest BCUT2D eigenvalue weighted by molar-refractivity contribution is 0.0570. The molecule has 2 bridgehead atoms. The maximum Gasteiger partial charge on any atom is 0.147 e. The maximum absolute atomic E-state index is 6.43. The van der Waals surface area contributed by atoms with Gasteiger partial charge in [0.2, 0.25) is 0 Å². The normalized spacial score (nSPS) is 30.5. The van der Waals surface area contributed by atoms with Crippen molar-refractivity contribution in [1.82, 2.24) is 14.5 Å². The first-order valence-corrected chi connectivity index (χ1v) is 10.1. The van der Waals surface area contributed by atoms with Gasteiger partial charge < -0.3 is 14.2 Å². The fraction of sp³-hybridized carbons (Fsp3) is 0.500. The van der Waals surface area contributed by atoms with Crippen molar-refractivity contribution in [2.24, 2.45) is 5.92 Å². The van der Waals surface area contributed by atoms with E-state index in [2.05, 4.69) is 51.1 Å². The van der Waals surface area contributed by atoms with Crippen molar-refractivity contribution < 1.29 is 4.74 Å². The fourth-order valence-corrected chi connectivity index (χ4v) is 4.77. The summed E-state index contributed by atoms with van der Waals surface area (Å²) in [7, 11) is 0. The highest BCUT2D eigenvalue weighted by Crippen LogP contribution is 2.40. The van der Waals surface area contributed by atoms with Crippen molar-refractivity contribution in [3.63, 3.8) is 0 Å². The third-order valence-corrected chi connectivity index (χ3v) is 6.24. The predicted octanol–water partition coefficient (Wildman–Crippen LogP) is 4.30. The summed E-state index contributed by atoms with van der Waals surface area (Å²) < 4.78 is 8.85. The molecule has 0 amide bonds. The number of fused-ring (bicyclic) bond motifs is 3. The van der Waals surface area contributed by atoms with Crippen LogP contribution in [-0.4, -0.2) is 40.2 Å². The highest BCUT2D eigenvalue weighted by Gasteiger charge is 2.35. The molecule has 3 aliphatic heterocycles. The molecule has 3 saturated heterocycles. The summed E-state index contributed by atoms with van der Waals surface area (Å²) in [6.45, 7) is 3.71. The Morgan fingerprint density at radius 1 is 1.08 bits per heavy atom. The summed E-state index contributed by atoms with van der Waals surface area (Å²) in [6, 6.07) is 6.68. The number of piperidine rings is 3. The smallest absolute Gasteiger partial charge is 0.147 e. The summed E-state index contributed by atoms with van der Waals surface area (Å²) in [4.78, 5) is 7.19. The summed E-state index contributed by atoms with van der Waals surface area (Å²) in [5.41, 5.74) is 2.13. The summed E-state index contributed by atoms with van der Waals surface area (Å²) in [6.07, 6.45) is 17.2. The topological polar surface area (TPSA) is 30.3 Å². The molecular weight excluding hydrogens is 322 g/mol. The Kier molecular flexibility index (Phi) is 4.29. The molecule has 2 atom stereocenters. The van der Waals surface area contributed by atoms with Gasteiger partial charge in [0, 0.05) is 31.2 Å². The number of hydrogen-bond acceptors (Lipinski definition) is 3. The summed E-state index contributed by atoms with van der Waals surface area (Å²) in [5, 5.41) is 0. The predicted molar refractivity (Wildman–Crippen MR) is 103 cm³/mol. The van der Waals surface area contributed by atoms with E-state index in [1.54, 1.807) is 0 Å². The maximum atomic E-state index is 6.43. The lowest BCUT2D eigenvalue weighted by atomic mass is 9.84. The summed E-state index contributed by atoms with van der Waals surface area (Å²) >= 11 is 0. The third-order valence-electron chi connectivity index (χ3n) is 6.24. The zero-order valence-corrected chi connectivity index (χ0v) is 15.3. The van der Waals surface area contributed by atoms with Gasteiger partial charge in [0.15, 0.2) is 0 Å². The Hall–Kier alpha value is -2.07. The molecule has 2 aromatic rings. The van der Waals surface area contributed by atoms with Crippen LogP contribution in [0.15, 0.2) is 48.9 Å². The van der Waals surface area contributed by atoms with Crippen LogP contribution in [0.4, 0.5) is 0 Å². The molecule has 0 N–H and O–H groups in total. The van der Waals surface area contributed by atoms with Gasteiger partial charge >= 0.3 is 0 Å². The molecule has 1 aliphatic carbocycles. The highest BCUT2D eigenvalue weighted by atomic mass is 16.5. The molecule has 0 aromatic carbocycles. The number of allylic oxidation sites excluding steroid dienone is 1. The van der Waals surface area contributed by atoms with Crippen molar-refractivity contribution in [3.05, 3.63) is 48.9 Å². The van der Waals surface area contributed by atoms with Crippen LogP contribution in [0.1, 0.15) is 38.1 Å². The van der Waals surface area contributed by atoms with E-state index in [-0.39, 0.29) is 6.10 Å². The molecule has 4 heteroatoms. The minimum Gasteiger partial charge on any atom is -0.484 e. The second-order valence-corrected chi connectivity index (χ2v) is 7.92. The number of rotatable bonds is 4. The van der Waals surface area contributed by atoms with E-state index in [4.69, 9.17) is 4.74 Å². The number of hydrogen-bond donors (Lipinski definition) is 0. The van der Waals surface area contributed by atoms with Gasteiger partial charge in [-0.15, -0.1) is 0 Å². The molecule has 26 heavy (non-hydrogen) atoms. The van der Waals surface area contributed by atoms with E-state index in [9.17, 15) is 0 Å². The minimum absolute atomic E-state index is 0.189. The van der Waals surface area contributed by atoms with Crippen LogP contribution < -0.4 is 4.74 Å². The minimum atomic E-state index is 0.189. The van der Waals surface area contributed by atoms with Crippen molar-refractivity contribution in [1.29, 1.82) is 0 Å². The fourth-order valence-electron chi connectivity index (χ4n) is 4.77. The molecule has 2 aromatic heterocycles. The second kappa shape index (κ2) is 6.92. The molecule has 6 rings (SSSR count). The van der Waals surface area contributed by atoms with E-state index in [0.717, 1.165) is 29.3 Å². The Morgan fingerprint density at radius 2 is 2.00 bits per heavy atom. The van der Waals surface area contributed by atoms with Crippen molar-refractivity contribution >= 4 is 0 Å². The Morgan fingerprint density at radius 3 is 2.69 bits per heavy atom. The van der Waals surface area contributed by atoms with Gasteiger partial charge in [0.25, 0.3) is 0 Å². The Bertz CT molecular complexity index is 774. The first-order valence-electron chi connectivity index (χ1n) is 10.1. The Labute approximate surface area is 155 Å². The van der Waals surface area contributed by atoms with Crippen LogP contribution >= 0.6 is 0 Å². The first kappa shape index (κ1) is 16.1. The van der Waals surface area contributed by atoms with E-state index >= 15 is 0 Å². The van der Waals surface area contributed by atoms with Gasteiger partial charge in [-0.05, 0) is 69.3 Å². The molecule has 0 spiro atoms. The van der Waals surface area contributed by atoms with Crippen LogP contribution in [0.5, 0.6) is 5.75 Å². The molecule has 2 unspecified atom stereocenters. The van der Waals surface area contributed by atoms with Gasteiger partial charge in [0.05, 0.1) is 11.3 Å². The van der Waals surface area contributed by atoms with Gasteiger partial charge in [-0.25, -0.2) is 0 Å². The van der Waals surface area contributed by atoms with E-state index in [1.165, 1.54) is 45.3 Å². The monoisotopic (exact) mass is 349 g/mol. The van der Waals surface area contributed by atoms with Crippen molar-refractivity contribution in [3.8, 4) is 17.0 Å². The number of pyridine rings is 1. The van der Waals surface area contributed by atoms with Crippen LogP contribution in [0.3, 0.4) is 0 Å². The average Bonchev–Trinajstić information content (AvgIpc) is 3.14. The van der Waals surface area contributed by atoms with Gasteiger partial charge in [-0.2, -0.15) is 0 Å². The van der Waals surface area contributed by atoms with Crippen molar-refractivity contribution in [2.45, 2.75) is 44.2 Å². The van der Waals surface area contributed by atoms with Gasteiger partial charge in [-0.1, -0.05) is 12.1 Å². The van der Waals surface area contributed by atoms with Gasteiger partial charge in [0.1, 0.15) is 11.9 Å².